The molecule has 0 saturated heterocycles. The molecule has 0 unspecified atom stereocenters. The van der Waals surface area contributed by atoms with Gasteiger partial charge in [-0.3, -0.25) is 0 Å². The second-order valence-corrected chi connectivity index (χ2v) is 7.41. The van der Waals surface area contributed by atoms with Gasteiger partial charge in [0.1, 0.15) is 11.6 Å². The molecule has 2 aromatic carbocycles. The maximum absolute atomic E-state index is 9.24. The summed E-state index contributed by atoms with van der Waals surface area (Å²) in [6, 6.07) is 18.0. The van der Waals surface area contributed by atoms with Crippen molar-refractivity contribution in [2.75, 3.05) is 12.4 Å². The summed E-state index contributed by atoms with van der Waals surface area (Å²) < 4.78 is 11.0. The number of benzene rings is 2. The summed E-state index contributed by atoms with van der Waals surface area (Å²) in [4.78, 5) is 8.84. The number of ether oxygens (including phenoxy) is 1. The molecule has 162 valence electrons. The smallest absolute Gasteiger partial charge is 0.258 e. The van der Waals surface area contributed by atoms with Gasteiger partial charge in [0.05, 0.1) is 6.61 Å². The third-order valence-electron chi connectivity index (χ3n) is 4.96. The number of rotatable bonds is 7. The molecule has 7 nitrogen and oxygen atoms in total. The maximum atomic E-state index is 9.24. The number of anilines is 1. The van der Waals surface area contributed by atoms with Crippen LogP contribution in [0.3, 0.4) is 0 Å². The van der Waals surface area contributed by atoms with Gasteiger partial charge in [0.2, 0.25) is 5.82 Å². The van der Waals surface area contributed by atoms with Gasteiger partial charge >= 0.3 is 0 Å². The number of hydrogen-bond acceptors (Lipinski definition) is 7. The van der Waals surface area contributed by atoms with E-state index in [2.05, 4.69) is 45.6 Å². The van der Waals surface area contributed by atoms with Crippen molar-refractivity contribution in [2.45, 2.75) is 20.5 Å². The summed E-state index contributed by atoms with van der Waals surface area (Å²) >= 11 is 0. The normalized spacial score (nSPS) is 11.5. The number of aliphatic hydroxyl groups excluding tert-OH is 1. The van der Waals surface area contributed by atoms with Crippen LogP contribution in [-0.4, -0.2) is 27.3 Å². The van der Waals surface area contributed by atoms with Crippen LogP contribution in [0.2, 0.25) is 0 Å². The Hall–Kier alpha value is -3.97. The van der Waals surface area contributed by atoms with Crippen molar-refractivity contribution in [3.8, 4) is 34.0 Å². The van der Waals surface area contributed by atoms with Crippen LogP contribution >= 0.6 is 0 Å². The number of aliphatic hydroxyl groups is 1. The molecule has 0 aliphatic carbocycles. The first-order valence-electron chi connectivity index (χ1n) is 10.2. The lowest BCUT2D eigenvalue weighted by atomic mass is 9.94. The fourth-order valence-electron chi connectivity index (χ4n) is 3.39. The van der Waals surface area contributed by atoms with Crippen LogP contribution in [0, 0.1) is 6.92 Å². The van der Waals surface area contributed by atoms with Gasteiger partial charge in [0.25, 0.3) is 5.89 Å². The lowest BCUT2D eigenvalue weighted by Gasteiger charge is -2.12. The molecule has 2 heterocycles. The Morgan fingerprint density at radius 1 is 1.09 bits per heavy atom. The van der Waals surface area contributed by atoms with E-state index in [9.17, 15) is 5.11 Å². The fourth-order valence-corrected chi connectivity index (χ4v) is 3.39. The third kappa shape index (κ3) is 4.68. The van der Waals surface area contributed by atoms with Gasteiger partial charge in [-0.25, -0.2) is 4.98 Å². The number of aryl methyl sites for hydroxylation is 1. The van der Waals surface area contributed by atoms with E-state index in [0.717, 1.165) is 22.3 Å². The molecule has 0 atom stereocenters. The highest BCUT2D eigenvalue weighted by Gasteiger charge is 2.14. The molecule has 2 N–H and O–H groups in total. The average Bonchev–Trinajstić information content (AvgIpc) is 3.29. The van der Waals surface area contributed by atoms with Gasteiger partial charge in [-0.2, -0.15) is 4.98 Å². The molecule has 0 aliphatic rings. The van der Waals surface area contributed by atoms with Gasteiger partial charge in [0.15, 0.2) is 0 Å². The van der Waals surface area contributed by atoms with Crippen LogP contribution in [0.4, 0.5) is 5.82 Å². The largest absolute Gasteiger partial charge is 0.511 e. The predicted molar refractivity (Wildman–Crippen MR) is 124 cm³/mol. The summed E-state index contributed by atoms with van der Waals surface area (Å²) in [6.45, 7) is 4.15. The van der Waals surface area contributed by atoms with Crippen molar-refractivity contribution in [1.29, 1.82) is 0 Å². The molecule has 0 aliphatic heterocycles. The molecule has 0 amide bonds. The van der Waals surface area contributed by atoms with E-state index in [-0.39, 0.29) is 5.76 Å². The van der Waals surface area contributed by atoms with Gasteiger partial charge in [0, 0.05) is 30.6 Å². The molecule has 0 spiro atoms. The number of pyridine rings is 1. The van der Waals surface area contributed by atoms with Crippen LogP contribution in [0.1, 0.15) is 18.1 Å². The second-order valence-electron chi connectivity index (χ2n) is 7.41. The van der Waals surface area contributed by atoms with Crippen molar-refractivity contribution in [1.82, 2.24) is 15.1 Å². The van der Waals surface area contributed by atoms with Crippen LogP contribution in [-0.2, 0) is 11.3 Å². The zero-order valence-corrected chi connectivity index (χ0v) is 18.2. The van der Waals surface area contributed by atoms with Crippen molar-refractivity contribution in [3.63, 3.8) is 0 Å². The number of hydrogen-bond donors (Lipinski definition) is 2. The third-order valence-corrected chi connectivity index (χ3v) is 4.96. The highest BCUT2D eigenvalue weighted by atomic mass is 16.5. The van der Waals surface area contributed by atoms with Crippen LogP contribution < -0.4 is 5.32 Å². The first kappa shape index (κ1) is 21.3. The van der Waals surface area contributed by atoms with E-state index >= 15 is 0 Å². The van der Waals surface area contributed by atoms with E-state index in [1.54, 1.807) is 26.3 Å². The fraction of sp³-hybridized carbons (Fsp3) is 0.160. The van der Waals surface area contributed by atoms with E-state index in [4.69, 9.17) is 9.26 Å². The molecule has 7 heteroatoms. The standard InChI is InChI=1S/C25H24N4O3/c1-16-6-4-5-7-21(16)22-10-8-18(12-20(22)15-31-3)25-28-24(29-32-25)19-9-11-23(27-14-19)26-13-17(2)30/h4-14,30H,15H2,1-3H3,(H,26,27). The van der Waals surface area contributed by atoms with Gasteiger partial charge in [-0.05, 0) is 60.4 Å². The number of allylic oxidation sites excluding steroid dienone is 1. The number of nitrogens with zero attached hydrogens (tertiary/aromatic N) is 3. The highest BCUT2D eigenvalue weighted by molar-refractivity contribution is 5.74. The minimum Gasteiger partial charge on any atom is -0.511 e. The molecule has 0 radical (unpaired) electrons. The van der Waals surface area contributed by atoms with E-state index in [1.807, 2.05) is 30.3 Å². The molecular weight excluding hydrogens is 404 g/mol. The summed E-state index contributed by atoms with van der Waals surface area (Å²) in [7, 11) is 1.68. The Morgan fingerprint density at radius 3 is 2.62 bits per heavy atom. The van der Waals surface area contributed by atoms with Crippen LogP contribution in [0.25, 0.3) is 34.0 Å². The summed E-state index contributed by atoms with van der Waals surface area (Å²) in [5.74, 6) is 1.64. The zero-order valence-electron chi connectivity index (χ0n) is 18.2. The monoisotopic (exact) mass is 428 g/mol. The van der Waals surface area contributed by atoms with Crippen molar-refractivity contribution >= 4 is 5.82 Å². The van der Waals surface area contributed by atoms with E-state index in [0.29, 0.717) is 24.1 Å². The van der Waals surface area contributed by atoms with Gasteiger partial charge in [-0.15, -0.1) is 0 Å². The van der Waals surface area contributed by atoms with Gasteiger partial charge in [-0.1, -0.05) is 35.5 Å². The summed E-state index contributed by atoms with van der Waals surface area (Å²) in [5, 5.41) is 16.2. The minimum atomic E-state index is 0.167. The SMILES string of the molecule is COCc1cc(-c2nc(-c3ccc(NC=C(C)O)nc3)no2)ccc1-c1ccccc1C. The number of nitrogens with one attached hydrogen (secondary N) is 1. The Labute approximate surface area is 186 Å². The average molecular weight is 428 g/mol. The molecule has 4 rings (SSSR count). The Balaban J connectivity index is 1.62. The number of aromatic nitrogens is 3. The molecule has 4 aromatic rings. The Kier molecular flexibility index (Phi) is 6.28. The van der Waals surface area contributed by atoms with E-state index in [1.165, 1.54) is 17.3 Å². The van der Waals surface area contributed by atoms with Crippen molar-refractivity contribution in [3.05, 3.63) is 83.9 Å². The van der Waals surface area contributed by atoms with Crippen LogP contribution in [0.15, 0.2) is 77.3 Å². The molecule has 32 heavy (non-hydrogen) atoms. The highest BCUT2D eigenvalue weighted by Crippen LogP contribution is 2.31. The summed E-state index contributed by atoms with van der Waals surface area (Å²) in [5.41, 5.74) is 6.08. The molecular formula is C25H24N4O3. The number of methoxy groups -OCH3 is 1. The first-order chi connectivity index (χ1) is 15.5. The maximum Gasteiger partial charge on any atom is 0.258 e. The molecule has 2 aromatic heterocycles. The quantitative estimate of drug-likeness (QED) is 0.362. The zero-order chi connectivity index (χ0) is 22.5. The Bertz CT molecular complexity index is 1240. The predicted octanol–water partition coefficient (Wildman–Crippen LogP) is 5.75. The van der Waals surface area contributed by atoms with Crippen molar-refractivity contribution in [2.24, 2.45) is 0 Å². The lowest BCUT2D eigenvalue weighted by molar-refractivity contribution is 0.185. The lowest BCUT2D eigenvalue weighted by Crippen LogP contribution is -1.95. The second kappa shape index (κ2) is 9.45. The van der Waals surface area contributed by atoms with Crippen LogP contribution in [0.5, 0.6) is 0 Å². The van der Waals surface area contributed by atoms with Gasteiger partial charge < -0.3 is 19.7 Å². The Morgan fingerprint density at radius 2 is 1.91 bits per heavy atom. The topological polar surface area (TPSA) is 93.3 Å². The van der Waals surface area contributed by atoms with Crippen molar-refractivity contribution < 1.29 is 14.4 Å². The molecule has 0 saturated carbocycles. The first-order valence-corrected chi connectivity index (χ1v) is 10.2. The minimum absolute atomic E-state index is 0.167. The molecule has 0 bridgehead atoms. The molecule has 0 fully saturated rings. The summed E-state index contributed by atoms with van der Waals surface area (Å²) in [6.07, 6.45) is 3.11. The van der Waals surface area contributed by atoms with E-state index < -0.39 is 0 Å².